The van der Waals surface area contributed by atoms with Gasteiger partial charge in [0.05, 0.1) is 5.41 Å². The third-order valence-electron chi connectivity index (χ3n) is 6.59. The number of nitrogens with zero attached hydrogens (tertiary/aromatic N) is 2. The molecule has 0 unspecified atom stereocenters. The summed E-state index contributed by atoms with van der Waals surface area (Å²) in [6, 6.07) is 11.8. The van der Waals surface area contributed by atoms with E-state index < -0.39 is 0 Å². The number of nitrogens with one attached hydrogen (secondary N) is 1. The molecule has 1 aromatic carbocycles. The number of hydrogen-bond acceptors (Lipinski definition) is 5. The highest BCUT2D eigenvalue weighted by Crippen LogP contribution is 2.49. The normalized spacial score (nSPS) is 32.3. The monoisotopic (exact) mass is 352 g/mol. The van der Waals surface area contributed by atoms with E-state index in [-0.39, 0.29) is 5.41 Å². The highest BCUT2D eigenvalue weighted by atomic mass is 16.4. The van der Waals surface area contributed by atoms with Crippen LogP contribution in [0.2, 0.25) is 0 Å². The van der Waals surface area contributed by atoms with Crippen LogP contribution in [0.1, 0.15) is 74.1 Å². The van der Waals surface area contributed by atoms with E-state index in [0.29, 0.717) is 23.9 Å². The quantitative estimate of drug-likeness (QED) is 0.835. The third-order valence-corrected chi connectivity index (χ3v) is 6.59. The molecule has 0 radical (unpaired) electrons. The van der Waals surface area contributed by atoms with Gasteiger partial charge in [0, 0.05) is 30.5 Å². The van der Waals surface area contributed by atoms with Crippen LogP contribution >= 0.6 is 0 Å². The van der Waals surface area contributed by atoms with Crippen LogP contribution in [0.5, 0.6) is 0 Å². The largest absolute Gasteiger partial charge is 0.424 e. The maximum atomic E-state index is 6.15. The fourth-order valence-electron chi connectivity index (χ4n) is 4.41. The molecule has 5 nitrogen and oxygen atoms in total. The van der Waals surface area contributed by atoms with Crippen LogP contribution < -0.4 is 11.1 Å². The lowest BCUT2D eigenvalue weighted by molar-refractivity contribution is 0.318. The molecule has 5 heteroatoms. The van der Waals surface area contributed by atoms with Crippen LogP contribution in [-0.4, -0.2) is 28.8 Å². The SMILES string of the molecule is N[C@H]1CC[C@H](c2nnc(C3(CN[C@@H]4C[C@H]4c4ccccc4)CC3)o2)CC1. The molecule has 138 valence electrons. The molecule has 3 fully saturated rings. The van der Waals surface area contributed by atoms with Crippen molar-refractivity contribution in [3.8, 4) is 0 Å². The highest BCUT2D eigenvalue weighted by molar-refractivity contribution is 5.28. The van der Waals surface area contributed by atoms with Gasteiger partial charge < -0.3 is 15.5 Å². The molecule has 1 aromatic heterocycles. The van der Waals surface area contributed by atoms with Gasteiger partial charge in [0.2, 0.25) is 11.8 Å². The number of nitrogens with two attached hydrogens (primary N) is 1. The molecule has 0 amide bonds. The second kappa shape index (κ2) is 6.46. The Morgan fingerprint density at radius 3 is 2.58 bits per heavy atom. The Balaban J connectivity index is 1.18. The molecular formula is C21H28N4O. The van der Waals surface area contributed by atoms with Gasteiger partial charge in [-0.15, -0.1) is 10.2 Å². The first kappa shape index (κ1) is 16.5. The summed E-state index contributed by atoms with van der Waals surface area (Å²) in [6.07, 6.45) is 7.83. The standard InChI is InChI=1S/C21H28N4O/c22-16-8-6-15(7-9-16)19-24-25-20(26-19)21(10-11-21)13-23-18-12-17(18)14-4-2-1-3-5-14/h1-5,15-18,23H,6-13,22H2/t15-,16-,17-,18+/m0/s1. The van der Waals surface area contributed by atoms with Crippen molar-refractivity contribution in [3.05, 3.63) is 47.7 Å². The van der Waals surface area contributed by atoms with Crippen LogP contribution in [0.3, 0.4) is 0 Å². The van der Waals surface area contributed by atoms with Crippen LogP contribution in [-0.2, 0) is 5.41 Å². The Hall–Kier alpha value is -1.72. The lowest BCUT2D eigenvalue weighted by Crippen LogP contribution is -2.29. The molecule has 3 aliphatic rings. The molecule has 3 saturated carbocycles. The highest BCUT2D eigenvalue weighted by Gasteiger charge is 2.51. The molecule has 2 aromatic rings. The van der Waals surface area contributed by atoms with Crippen molar-refractivity contribution >= 4 is 0 Å². The Bertz CT molecular complexity index is 746. The molecule has 0 saturated heterocycles. The van der Waals surface area contributed by atoms with Gasteiger partial charge in [-0.3, -0.25) is 0 Å². The fraction of sp³-hybridized carbons (Fsp3) is 0.619. The molecule has 26 heavy (non-hydrogen) atoms. The van der Waals surface area contributed by atoms with E-state index in [1.54, 1.807) is 0 Å². The first-order valence-corrected chi connectivity index (χ1v) is 10.1. The van der Waals surface area contributed by atoms with Gasteiger partial charge in [-0.05, 0) is 50.5 Å². The summed E-state index contributed by atoms with van der Waals surface area (Å²) in [7, 11) is 0. The molecule has 3 N–H and O–H groups in total. The van der Waals surface area contributed by atoms with Crippen molar-refractivity contribution in [1.29, 1.82) is 0 Å². The zero-order valence-electron chi connectivity index (χ0n) is 15.2. The summed E-state index contributed by atoms with van der Waals surface area (Å²) in [5, 5.41) is 12.6. The van der Waals surface area contributed by atoms with Gasteiger partial charge in [-0.2, -0.15) is 0 Å². The minimum Gasteiger partial charge on any atom is -0.424 e. The first-order chi connectivity index (χ1) is 12.7. The van der Waals surface area contributed by atoms with Gasteiger partial charge >= 0.3 is 0 Å². The summed E-state index contributed by atoms with van der Waals surface area (Å²) in [4.78, 5) is 0. The summed E-state index contributed by atoms with van der Waals surface area (Å²) in [6.45, 7) is 0.957. The maximum absolute atomic E-state index is 6.15. The summed E-state index contributed by atoms with van der Waals surface area (Å²) in [5.41, 5.74) is 7.54. The minimum atomic E-state index is 0.0835. The zero-order valence-corrected chi connectivity index (χ0v) is 15.2. The van der Waals surface area contributed by atoms with E-state index in [4.69, 9.17) is 10.2 Å². The predicted molar refractivity (Wildman–Crippen MR) is 100.0 cm³/mol. The molecule has 0 spiro atoms. The first-order valence-electron chi connectivity index (χ1n) is 10.1. The van der Waals surface area contributed by atoms with E-state index in [1.807, 2.05) is 0 Å². The van der Waals surface area contributed by atoms with Crippen molar-refractivity contribution < 1.29 is 4.42 Å². The smallest absolute Gasteiger partial charge is 0.223 e. The second-order valence-corrected chi connectivity index (χ2v) is 8.58. The van der Waals surface area contributed by atoms with E-state index in [2.05, 4.69) is 45.8 Å². The molecule has 3 aliphatic carbocycles. The van der Waals surface area contributed by atoms with Crippen molar-refractivity contribution in [1.82, 2.24) is 15.5 Å². The van der Waals surface area contributed by atoms with E-state index in [0.717, 1.165) is 56.9 Å². The van der Waals surface area contributed by atoms with Gasteiger partial charge in [-0.1, -0.05) is 30.3 Å². The lowest BCUT2D eigenvalue weighted by atomic mass is 9.86. The number of rotatable bonds is 6. The van der Waals surface area contributed by atoms with Crippen molar-refractivity contribution in [3.63, 3.8) is 0 Å². The minimum absolute atomic E-state index is 0.0835. The van der Waals surface area contributed by atoms with Gasteiger partial charge in [0.15, 0.2) is 0 Å². The van der Waals surface area contributed by atoms with Gasteiger partial charge in [-0.25, -0.2) is 0 Å². The Kier molecular flexibility index (Phi) is 4.09. The number of aromatic nitrogens is 2. The summed E-state index contributed by atoms with van der Waals surface area (Å²) in [5.74, 6) is 2.76. The van der Waals surface area contributed by atoms with Gasteiger partial charge in [0.1, 0.15) is 0 Å². The molecule has 1 heterocycles. The molecule has 0 bridgehead atoms. The fourth-order valence-corrected chi connectivity index (χ4v) is 4.41. The topological polar surface area (TPSA) is 77.0 Å². The Labute approximate surface area is 154 Å². The second-order valence-electron chi connectivity index (χ2n) is 8.58. The Morgan fingerprint density at radius 1 is 1.08 bits per heavy atom. The predicted octanol–water partition coefficient (Wildman–Crippen LogP) is 3.23. The number of hydrogen-bond donors (Lipinski definition) is 2. The summed E-state index contributed by atoms with van der Waals surface area (Å²) < 4.78 is 6.15. The third kappa shape index (κ3) is 3.19. The van der Waals surface area contributed by atoms with Crippen molar-refractivity contribution in [2.24, 2.45) is 5.73 Å². The van der Waals surface area contributed by atoms with Crippen molar-refractivity contribution in [2.45, 2.75) is 74.3 Å². The van der Waals surface area contributed by atoms with E-state index in [9.17, 15) is 0 Å². The average molecular weight is 352 g/mol. The van der Waals surface area contributed by atoms with Crippen LogP contribution in [0, 0.1) is 0 Å². The summed E-state index contributed by atoms with van der Waals surface area (Å²) >= 11 is 0. The Morgan fingerprint density at radius 2 is 1.85 bits per heavy atom. The zero-order chi connectivity index (χ0) is 17.6. The number of benzene rings is 1. The van der Waals surface area contributed by atoms with Crippen LogP contribution in [0.25, 0.3) is 0 Å². The molecular weight excluding hydrogens is 324 g/mol. The van der Waals surface area contributed by atoms with Crippen LogP contribution in [0.15, 0.2) is 34.7 Å². The van der Waals surface area contributed by atoms with Crippen molar-refractivity contribution in [2.75, 3.05) is 6.54 Å². The molecule has 2 atom stereocenters. The molecule has 5 rings (SSSR count). The average Bonchev–Trinajstić information content (AvgIpc) is 3.59. The van der Waals surface area contributed by atoms with E-state index >= 15 is 0 Å². The maximum Gasteiger partial charge on any atom is 0.223 e. The lowest BCUT2D eigenvalue weighted by Gasteiger charge is -2.23. The van der Waals surface area contributed by atoms with Crippen LogP contribution in [0.4, 0.5) is 0 Å². The molecule has 0 aliphatic heterocycles. The van der Waals surface area contributed by atoms with E-state index in [1.165, 1.54) is 12.0 Å². The van der Waals surface area contributed by atoms with Gasteiger partial charge in [0.25, 0.3) is 0 Å².